The molecule has 1 aliphatic heterocycles. The number of halogens is 1. The van der Waals surface area contributed by atoms with Crippen molar-refractivity contribution >= 4 is 5.78 Å². The van der Waals surface area contributed by atoms with Gasteiger partial charge >= 0.3 is 0 Å². The van der Waals surface area contributed by atoms with Gasteiger partial charge < -0.3 is 5.32 Å². The van der Waals surface area contributed by atoms with E-state index in [9.17, 15) is 9.18 Å². The molecule has 1 unspecified atom stereocenters. The Bertz CT molecular complexity index is 111. The van der Waals surface area contributed by atoms with Crippen LogP contribution >= 0.6 is 0 Å². The highest BCUT2D eigenvalue weighted by Crippen LogP contribution is 2.05. The minimum Gasteiger partial charge on any atom is -0.307 e. The molecule has 0 bridgehead atoms. The van der Waals surface area contributed by atoms with Crippen LogP contribution in [0, 0.1) is 0 Å². The molecule has 1 heterocycles. The monoisotopic (exact) mass is 161 g/mol. The highest BCUT2D eigenvalue weighted by atomic mass is 19.1. The summed E-state index contributed by atoms with van der Waals surface area (Å²) in [5.74, 6) is -0.299. The molecule has 0 spiro atoms. The quantitative estimate of drug-likeness (QED) is 0.661. The lowest BCUT2D eigenvalue weighted by Gasteiger charge is -2.03. The van der Waals surface area contributed by atoms with Crippen LogP contribution in [0.25, 0.3) is 0 Å². The lowest BCUT2D eigenvalue weighted by Crippen LogP contribution is -2.31. The van der Waals surface area contributed by atoms with Crippen LogP contribution in [0.2, 0.25) is 0 Å². The van der Waals surface area contributed by atoms with E-state index in [1.54, 1.807) is 0 Å². The first kappa shape index (κ1) is 10.6. The van der Waals surface area contributed by atoms with Gasteiger partial charge in [0.05, 0.1) is 6.04 Å². The smallest absolute Gasteiger partial charge is 0.180 e. The third-order valence-electron chi connectivity index (χ3n) is 1.58. The van der Waals surface area contributed by atoms with Crippen molar-refractivity contribution in [2.75, 3.05) is 13.2 Å². The first-order valence-electron chi connectivity index (χ1n) is 4.16. The standard InChI is InChI=1S/C6H10FNO.C2H6/c7-4-6(9)5-2-1-3-8-5;1-2/h5,8H,1-4H2;1-2H3. The Morgan fingerprint density at radius 1 is 1.64 bits per heavy atom. The fourth-order valence-corrected chi connectivity index (χ4v) is 1.05. The van der Waals surface area contributed by atoms with E-state index in [1.165, 1.54) is 0 Å². The SMILES string of the molecule is CC.O=C(CF)C1CCCN1. The summed E-state index contributed by atoms with van der Waals surface area (Å²) in [4.78, 5) is 10.6. The van der Waals surface area contributed by atoms with E-state index in [0.717, 1.165) is 19.4 Å². The zero-order chi connectivity index (χ0) is 8.69. The van der Waals surface area contributed by atoms with Crippen LogP contribution in [0.1, 0.15) is 26.7 Å². The van der Waals surface area contributed by atoms with Gasteiger partial charge in [-0.05, 0) is 19.4 Å². The number of Topliss-reactive ketones (excluding diaryl/α,β-unsaturated/α-hetero) is 1. The summed E-state index contributed by atoms with van der Waals surface area (Å²) in [6.45, 7) is 4.04. The molecule has 1 atom stereocenters. The van der Waals surface area contributed by atoms with E-state index in [-0.39, 0.29) is 11.8 Å². The van der Waals surface area contributed by atoms with Crippen LogP contribution in [-0.4, -0.2) is 25.0 Å². The third kappa shape index (κ3) is 3.46. The van der Waals surface area contributed by atoms with Crippen molar-refractivity contribution in [2.45, 2.75) is 32.7 Å². The van der Waals surface area contributed by atoms with Crippen LogP contribution in [0.5, 0.6) is 0 Å². The molecular weight excluding hydrogens is 145 g/mol. The molecule has 1 N–H and O–H groups in total. The molecular formula is C8H16FNO. The van der Waals surface area contributed by atoms with Crippen LogP contribution in [0.4, 0.5) is 4.39 Å². The molecule has 0 amide bonds. The van der Waals surface area contributed by atoms with Gasteiger partial charge in [0.1, 0.15) is 6.67 Å². The number of hydrogen-bond acceptors (Lipinski definition) is 2. The lowest BCUT2D eigenvalue weighted by atomic mass is 10.1. The molecule has 0 aromatic heterocycles. The summed E-state index contributed by atoms with van der Waals surface area (Å²) in [6, 6.07) is -0.185. The Balaban J connectivity index is 0.000000461. The summed E-state index contributed by atoms with van der Waals surface area (Å²) in [6.07, 6.45) is 1.80. The number of carbonyl (C=O) groups is 1. The molecule has 0 radical (unpaired) electrons. The molecule has 0 aliphatic carbocycles. The first-order chi connectivity index (χ1) is 5.34. The van der Waals surface area contributed by atoms with Gasteiger partial charge in [-0.1, -0.05) is 13.8 Å². The van der Waals surface area contributed by atoms with E-state index in [1.807, 2.05) is 13.8 Å². The molecule has 2 nitrogen and oxygen atoms in total. The maximum absolute atomic E-state index is 11.6. The second-order valence-electron chi connectivity index (χ2n) is 2.25. The molecule has 66 valence electrons. The molecule has 1 saturated heterocycles. The van der Waals surface area contributed by atoms with Gasteiger partial charge in [-0.25, -0.2) is 4.39 Å². The van der Waals surface area contributed by atoms with Gasteiger partial charge in [-0.15, -0.1) is 0 Å². The minimum atomic E-state index is -0.822. The van der Waals surface area contributed by atoms with Crippen molar-refractivity contribution in [1.29, 1.82) is 0 Å². The topological polar surface area (TPSA) is 29.1 Å². The number of carbonyl (C=O) groups excluding carboxylic acids is 1. The van der Waals surface area contributed by atoms with Crippen molar-refractivity contribution in [3.05, 3.63) is 0 Å². The molecule has 0 aromatic rings. The van der Waals surface area contributed by atoms with Crippen LogP contribution in [-0.2, 0) is 4.79 Å². The van der Waals surface area contributed by atoms with Gasteiger partial charge in [0.25, 0.3) is 0 Å². The van der Waals surface area contributed by atoms with Gasteiger partial charge in [-0.2, -0.15) is 0 Å². The number of hydrogen-bond donors (Lipinski definition) is 1. The highest BCUT2D eigenvalue weighted by Gasteiger charge is 2.20. The van der Waals surface area contributed by atoms with Crippen LogP contribution in [0.15, 0.2) is 0 Å². The van der Waals surface area contributed by atoms with E-state index < -0.39 is 6.67 Å². The largest absolute Gasteiger partial charge is 0.307 e. The number of ketones is 1. The molecule has 1 fully saturated rings. The van der Waals surface area contributed by atoms with Gasteiger partial charge in [0.15, 0.2) is 5.78 Å². The Kier molecular flexibility index (Phi) is 6.03. The zero-order valence-corrected chi connectivity index (χ0v) is 7.19. The van der Waals surface area contributed by atoms with Crippen molar-refractivity contribution in [2.24, 2.45) is 0 Å². The Hall–Kier alpha value is -0.440. The normalized spacial score (nSPS) is 22.3. The van der Waals surface area contributed by atoms with Gasteiger partial charge in [0, 0.05) is 0 Å². The average Bonchev–Trinajstić information content (AvgIpc) is 2.59. The summed E-state index contributed by atoms with van der Waals surface area (Å²) in [7, 11) is 0. The molecule has 0 aromatic carbocycles. The maximum Gasteiger partial charge on any atom is 0.180 e. The number of alkyl halides is 1. The van der Waals surface area contributed by atoms with Crippen molar-refractivity contribution in [3.8, 4) is 0 Å². The van der Waals surface area contributed by atoms with Crippen molar-refractivity contribution in [1.82, 2.24) is 5.32 Å². The third-order valence-corrected chi connectivity index (χ3v) is 1.58. The highest BCUT2D eigenvalue weighted by molar-refractivity contribution is 5.85. The summed E-state index contributed by atoms with van der Waals surface area (Å²) in [5, 5.41) is 2.92. The van der Waals surface area contributed by atoms with Crippen molar-refractivity contribution < 1.29 is 9.18 Å². The predicted octanol–water partition coefficient (Wildman–Crippen LogP) is 1.30. The van der Waals surface area contributed by atoms with E-state index in [0.29, 0.717) is 0 Å². The number of nitrogens with one attached hydrogen (secondary N) is 1. The molecule has 11 heavy (non-hydrogen) atoms. The summed E-state index contributed by atoms with van der Waals surface area (Å²) in [5.41, 5.74) is 0. The molecule has 1 aliphatic rings. The van der Waals surface area contributed by atoms with Crippen molar-refractivity contribution in [3.63, 3.8) is 0 Å². The Morgan fingerprint density at radius 3 is 2.64 bits per heavy atom. The second kappa shape index (κ2) is 6.28. The Labute approximate surface area is 67.2 Å². The fraction of sp³-hybridized carbons (Fsp3) is 0.875. The molecule has 1 rings (SSSR count). The van der Waals surface area contributed by atoms with Gasteiger partial charge in [0.2, 0.25) is 0 Å². The molecule has 0 saturated carbocycles. The zero-order valence-electron chi connectivity index (χ0n) is 7.19. The van der Waals surface area contributed by atoms with E-state index in [4.69, 9.17) is 0 Å². The van der Waals surface area contributed by atoms with Gasteiger partial charge in [-0.3, -0.25) is 4.79 Å². The van der Waals surface area contributed by atoms with Crippen LogP contribution < -0.4 is 5.32 Å². The number of rotatable bonds is 2. The molecule has 3 heteroatoms. The first-order valence-corrected chi connectivity index (χ1v) is 4.16. The maximum atomic E-state index is 11.6. The lowest BCUT2D eigenvalue weighted by molar-refractivity contribution is -0.121. The van der Waals surface area contributed by atoms with E-state index in [2.05, 4.69) is 5.32 Å². The fourth-order valence-electron chi connectivity index (χ4n) is 1.05. The second-order valence-corrected chi connectivity index (χ2v) is 2.25. The summed E-state index contributed by atoms with van der Waals surface area (Å²) >= 11 is 0. The summed E-state index contributed by atoms with van der Waals surface area (Å²) < 4.78 is 11.6. The van der Waals surface area contributed by atoms with Crippen LogP contribution in [0.3, 0.4) is 0 Å². The van der Waals surface area contributed by atoms with E-state index >= 15 is 0 Å². The Morgan fingerprint density at radius 2 is 2.27 bits per heavy atom. The predicted molar refractivity (Wildman–Crippen MR) is 43.4 cm³/mol. The average molecular weight is 161 g/mol. The minimum absolute atomic E-state index is 0.185.